The number of aryl methyl sites for hydroxylation is 1. The van der Waals surface area contributed by atoms with E-state index in [-0.39, 0.29) is 6.54 Å². The molecule has 0 saturated heterocycles. The van der Waals surface area contributed by atoms with Gasteiger partial charge in [-0.3, -0.25) is 0 Å². The van der Waals surface area contributed by atoms with Crippen LogP contribution in [0.25, 0.3) is 0 Å². The maximum atomic E-state index is 12.3. The lowest BCUT2D eigenvalue weighted by atomic mass is 10.2. The van der Waals surface area contributed by atoms with Crippen molar-refractivity contribution in [3.8, 4) is 12.3 Å². The molecule has 1 rings (SSSR count). The molecule has 0 amide bonds. The number of hydrogen-bond donors (Lipinski definition) is 0. The zero-order chi connectivity index (χ0) is 13.1. The zero-order valence-electron chi connectivity index (χ0n) is 9.77. The molecule has 1 aromatic carbocycles. The highest BCUT2D eigenvalue weighted by Gasteiger charge is 2.24. The van der Waals surface area contributed by atoms with E-state index in [1.54, 1.807) is 26.0 Å². The van der Waals surface area contributed by atoms with E-state index in [9.17, 15) is 8.42 Å². The number of rotatable bonds is 4. The fourth-order valence-corrected chi connectivity index (χ4v) is 3.59. The maximum Gasteiger partial charge on any atom is 0.244 e. The SMILES string of the molecule is C#CCN(CC)S(=O)(=O)c1cc(Br)ccc1C. The van der Waals surface area contributed by atoms with Crippen LogP contribution >= 0.6 is 15.9 Å². The van der Waals surface area contributed by atoms with Crippen LogP contribution in [0.1, 0.15) is 12.5 Å². The van der Waals surface area contributed by atoms with Gasteiger partial charge in [0.1, 0.15) is 0 Å². The molecule has 0 radical (unpaired) electrons. The lowest BCUT2D eigenvalue weighted by molar-refractivity contribution is 0.463. The first-order chi connectivity index (χ1) is 7.93. The molecule has 0 aliphatic heterocycles. The highest BCUT2D eigenvalue weighted by molar-refractivity contribution is 9.10. The van der Waals surface area contributed by atoms with Gasteiger partial charge in [0.2, 0.25) is 10.0 Å². The molecule has 0 heterocycles. The van der Waals surface area contributed by atoms with Crippen LogP contribution in [0.5, 0.6) is 0 Å². The molecule has 0 bridgehead atoms. The van der Waals surface area contributed by atoms with Crippen molar-refractivity contribution in [2.24, 2.45) is 0 Å². The van der Waals surface area contributed by atoms with Gasteiger partial charge in [0.15, 0.2) is 0 Å². The predicted molar refractivity (Wildman–Crippen MR) is 72.1 cm³/mol. The van der Waals surface area contributed by atoms with Crippen molar-refractivity contribution >= 4 is 26.0 Å². The van der Waals surface area contributed by atoms with Crippen LogP contribution in [-0.2, 0) is 10.0 Å². The summed E-state index contributed by atoms with van der Waals surface area (Å²) in [7, 11) is -3.51. The highest BCUT2D eigenvalue weighted by atomic mass is 79.9. The Morgan fingerprint density at radius 1 is 1.47 bits per heavy atom. The predicted octanol–water partition coefficient (Wildman–Crippen LogP) is 2.40. The molecule has 0 atom stereocenters. The summed E-state index contributed by atoms with van der Waals surface area (Å²) >= 11 is 3.28. The topological polar surface area (TPSA) is 37.4 Å². The van der Waals surface area contributed by atoms with E-state index in [0.29, 0.717) is 17.0 Å². The van der Waals surface area contributed by atoms with Gasteiger partial charge in [0, 0.05) is 11.0 Å². The first-order valence-electron chi connectivity index (χ1n) is 5.13. The highest BCUT2D eigenvalue weighted by Crippen LogP contribution is 2.23. The maximum absolute atomic E-state index is 12.3. The second kappa shape index (κ2) is 5.67. The zero-order valence-corrected chi connectivity index (χ0v) is 12.2. The Kier molecular flexibility index (Phi) is 4.75. The summed E-state index contributed by atoms with van der Waals surface area (Å²) < 4.78 is 26.7. The third-order valence-corrected chi connectivity index (χ3v) is 4.94. The van der Waals surface area contributed by atoms with E-state index in [2.05, 4.69) is 21.9 Å². The molecule has 92 valence electrons. The number of benzene rings is 1. The summed E-state index contributed by atoms with van der Waals surface area (Å²) in [4.78, 5) is 0.295. The van der Waals surface area contributed by atoms with Crippen molar-refractivity contribution in [3.05, 3.63) is 28.2 Å². The van der Waals surface area contributed by atoms with E-state index < -0.39 is 10.0 Å². The van der Waals surface area contributed by atoms with Crippen molar-refractivity contribution in [2.75, 3.05) is 13.1 Å². The second-order valence-electron chi connectivity index (χ2n) is 3.55. The van der Waals surface area contributed by atoms with Crippen LogP contribution in [0.2, 0.25) is 0 Å². The van der Waals surface area contributed by atoms with E-state index >= 15 is 0 Å². The van der Waals surface area contributed by atoms with Crippen LogP contribution < -0.4 is 0 Å². The van der Waals surface area contributed by atoms with Crippen LogP contribution in [0.15, 0.2) is 27.6 Å². The molecular weight excluding hydrogens is 302 g/mol. The number of terminal acetylenes is 1. The molecule has 0 spiro atoms. The minimum atomic E-state index is -3.51. The summed E-state index contributed by atoms with van der Waals surface area (Å²) in [6.45, 7) is 3.98. The number of nitrogens with zero attached hydrogens (tertiary/aromatic N) is 1. The van der Waals surface area contributed by atoms with E-state index in [4.69, 9.17) is 6.42 Å². The summed E-state index contributed by atoms with van der Waals surface area (Å²) in [5.41, 5.74) is 0.712. The molecule has 5 heteroatoms. The van der Waals surface area contributed by atoms with Gasteiger partial charge in [-0.05, 0) is 24.6 Å². The molecule has 0 aromatic heterocycles. The van der Waals surface area contributed by atoms with Gasteiger partial charge in [-0.2, -0.15) is 4.31 Å². The van der Waals surface area contributed by atoms with Gasteiger partial charge in [-0.1, -0.05) is 34.8 Å². The Hall–Kier alpha value is -0.830. The van der Waals surface area contributed by atoms with Gasteiger partial charge in [0.25, 0.3) is 0 Å². The first-order valence-corrected chi connectivity index (χ1v) is 7.36. The summed E-state index contributed by atoms with van der Waals surface area (Å²) in [6, 6.07) is 5.18. The number of halogens is 1. The Morgan fingerprint density at radius 2 is 2.12 bits per heavy atom. The largest absolute Gasteiger partial charge is 0.244 e. The van der Waals surface area contributed by atoms with Crippen molar-refractivity contribution in [1.82, 2.24) is 4.31 Å². The average Bonchev–Trinajstić information content (AvgIpc) is 2.28. The Labute approximate surface area is 111 Å². The van der Waals surface area contributed by atoms with Crippen LogP contribution in [0.3, 0.4) is 0 Å². The smallest absolute Gasteiger partial charge is 0.207 e. The molecule has 1 aromatic rings. The van der Waals surface area contributed by atoms with Gasteiger partial charge in [-0.15, -0.1) is 6.42 Å². The van der Waals surface area contributed by atoms with E-state index in [0.717, 1.165) is 4.47 Å². The Morgan fingerprint density at radius 3 is 2.65 bits per heavy atom. The van der Waals surface area contributed by atoms with E-state index in [1.165, 1.54) is 4.31 Å². The van der Waals surface area contributed by atoms with Crippen molar-refractivity contribution in [3.63, 3.8) is 0 Å². The van der Waals surface area contributed by atoms with Crippen molar-refractivity contribution < 1.29 is 8.42 Å². The molecule has 0 fully saturated rings. The minimum Gasteiger partial charge on any atom is -0.207 e. The summed E-state index contributed by atoms with van der Waals surface area (Å²) in [6.07, 6.45) is 5.18. The molecule has 0 aliphatic rings. The van der Waals surface area contributed by atoms with Crippen LogP contribution in [0, 0.1) is 19.3 Å². The standard InChI is InChI=1S/C12H14BrNO2S/c1-4-8-14(5-2)17(15,16)12-9-11(13)7-6-10(12)3/h1,6-7,9H,5,8H2,2-3H3. The summed E-state index contributed by atoms with van der Waals surface area (Å²) in [5.74, 6) is 2.36. The Bertz CT molecular complexity index is 546. The molecule has 0 saturated carbocycles. The van der Waals surface area contributed by atoms with Gasteiger partial charge in [-0.25, -0.2) is 8.42 Å². The third kappa shape index (κ3) is 3.09. The first kappa shape index (κ1) is 14.2. The van der Waals surface area contributed by atoms with Crippen molar-refractivity contribution in [1.29, 1.82) is 0 Å². The number of sulfonamides is 1. The molecule has 17 heavy (non-hydrogen) atoms. The third-order valence-electron chi connectivity index (χ3n) is 2.39. The average molecular weight is 316 g/mol. The monoisotopic (exact) mass is 315 g/mol. The van der Waals surface area contributed by atoms with Crippen LogP contribution in [0.4, 0.5) is 0 Å². The normalized spacial score (nSPS) is 11.5. The molecule has 0 aliphatic carbocycles. The second-order valence-corrected chi connectivity index (χ2v) is 6.37. The molecule has 3 nitrogen and oxygen atoms in total. The molecule has 0 N–H and O–H groups in total. The lowest BCUT2D eigenvalue weighted by Crippen LogP contribution is -2.31. The van der Waals surface area contributed by atoms with Crippen LogP contribution in [-0.4, -0.2) is 25.8 Å². The molecular formula is C12H14BrNO2S. The summed E-state index contributed by atoms with van der Waals surface area (Å²) in [5, 5.41) is 0. The number of hydrogen-bond acceptors (Lipinski definition) is 2. The minimum absolute atomic E-state index is 0.0881. The quantitative estimate of drug-likeness (QED) is 0.800. The van der Waals surface area contributed by atoms with Crippen molar-refractivity contribution in [2.45, 2.75) is 18.7 Å². The Balaban J connectivity index is 3.30. The van der Waals surface area contributed by atoms with E-state index in [1.807, 2.05) is 6.07 Å². The van der Waals surface area contributed by atoms with Gasteiger partial charge < -0.3 is 0 Å². The fourth-order valence-electron chi connectivity index (χ4n) is 1.46. The van der Waals surface area contributed by atoms with Gasteiger partial charge in [0.05, 0.1) is 11.4 Å². The molecule has 0 unspecified atom stereocenters. The van der Waals surface area contributed by atoms with Gasteiger partial charge >= 0.3 is 0 Å². The lowest BCUT2D eigenvalue weighted by Gasteiger charge is -2.19. The fraction of sp³-hybridized carbons (Fsp3) is 0.333.